The van der Waals surface area contributed by atoms with E-state index >= 15 is 0 Å². The minimum Gasteiger partial charge on any atom is -0.497 e. The Morgan fingerprint density at radius 2 is 1.76 bits per heavy atom. The number of rotatable bonds is 4. The molecule has 130 valence electrons. The van der Waals surface area contributed by atoms with Gasteiger partial charge in [0.2, 0.25) is 0 Å². The molecule has 1 aliphatic heterocycles. The van der Waals surface area contributed by atoms with Crippen LogP contribution in [-0.2, 0) is 11.3 Å². The summed E-state index contributed by atoms with van der Waals surface area (Å²) >= 11 is 2.24. The Balaban J connectivity index is 1.93. The topological polar surface area (TPSA) is 38.8 Å². The van der Waals surface area contributed by atoms with Crippen LogP contribution in [0.2, 0.25) is 0 Å². The van der Waals surface area contributed by atoms with Crippen molar-refractivity contribution in [2.24, 2.45) is 0 Å². The first-order chi connectivity index (χ1) is 11.9. The molecule has 0 aromatic heterocycles. The molecule has 0 radical (unpaired) electrons. The molecular formula is C20H20INO3. The summed E-state index contributed by atoms with van der Waals surface area (Å²) in [5.74, 6) is 1.48. The summed E-state index contributed by atoms with van der Waals surface area (Å²) in [4.78, 5) is 14.3. The first kappa shape index (κ1) is 17.8. The highest BCUT2D eigenvalue weighted by Crippen LogP contribution is 2.41. The molecular weight excluding hydrogens is 429 g/mol. The zero-order chi connectivity index (χ0) is 18.0. The van der Waals surface area contributed by atoms with Crippen molar-refractivity contribution in [3.8, 4) is 5.75 Å². The monoisotopic (exact) mass is 449 g/mol. The van der Waals surface area contributed by atoms with Gasteiger partial charge in [-0.2, -0.15) is 0 Å². The summed E-state index contributed by atoms with van der Waals surface area (Å²) in [6, 6.07) is 17.7. The van der Waals surface area contributed by atoms with Gasteiger partial charge in [-0.05, 0) is 59.7 Å². The van der Waals surface area contributed by atoms with Gasteiger partial charge in [-0.1, -0.05) is 42.5 Å². The lowest BCUT2D eigenvalue weighted by Crippen LogP contribution is -2.40. The Morgan fingerprint density at radius 3 is 2.36 bits per heavy atom. The first-order valence-corrected chi connectivity index (χ1v) is 9.09. The van der Waals surface area contributed by atoms with Crippen LogP contribution in [0.15, 0.2) is 60.4 Å². The molecule has 1 amide bonds. The van der Waals surface area contributed by atoms with E-state index in [1.165, 1.54) is 0 Å². The van der Waals surface area contributed by atoms with Crippen LogP contribution in [-0.4, -0.2) is 23.6 Å². The number of hydrogen-bond donors (Lipinski definition) is 0. The second-order valence-electron chi connectivity index (χ2n) is 6.37. The molecule has 5 heteroatoms. The number of carbonyl (C=O) groups excluding carboxylic acids is 1. The van der Waals surface area contributed by atoms with Crippen LogP contribution in [0.5, 0.6) is 5.75 Å². The van der Waals surface area contributed by atoms with Crippen LogP contribution in [0.4, 0.5) is 4.79 Å². The third kappa shape index (κ3) is 3.51. The Morgan fingerprint density at radius 1 is 1.12 bits per heavy atom. The number of halogens is 1. The van der Waals surface area contributed by atoms with Crippen molar-refractivity contribution in [1.82, 2.24) is 4.90 Å². The number of carbonyl (C=O) groups is 1. The van der Waals surface area contributed by atoms with Crippen LogP contribution in [0.3, 0.4) is 0 Å². The zero-order valence-electron chi connectivity index (χ0n) is 14.5. The summed E-state index contributed by atoms with van der Waals surface area (Å²) < 4.78 is 11.8. The maximum atomic E-state index is 12.5. The highest BCUT2D eigenvalue weighted by molar-refractivity contribution is 14.1. The van der Waals surface area contributed by atoms with Gasteiger partial charge in [0.15, 0.2) is 0 Å². The highest BCUT2D eigenvalue weighted by atomic mass is 127. The van der Waals surface area contributed by atoms with Crippen molar-refractivity contribution in [3.05, 3.63) is 71.5 Å². The average molecular weight is 449 g/mol. The normalized spacial score (nSPS) is 18.1. The lowest BCUT2D eigenvalue weighted by atomic mass is 9.98. The number of amides is 1. The predicted molar refractivity (Wildman–Crippen MR) is 106 cm³/mol. The van der Waals surface area contributed by atoms with E-state index in [1.54, 1.807) is 12.0 Å². The van der Waals surface area contributed by atoms with E-state index in [9.17, 15) is 4.79 Å². The fourth-order valence-corrected chi connectivity index (χ4v) is 3.96. The molecule has 0 spiro atoms. The lowest BCUT2D eigenvalue weighted by Gasteiger charge is -2.29. The maximum absolute atomic E-state index is 12.5. The molecule has 1 fully saturated rings. The number of methoxy groups -OCH3 is 1. The van der Waals surface area contributed by atoms with Gasteiger partial charge in [0.1, 0.15) is 17.0 Å². The SMILES string of the molecule is COc1ccc(/C(I)=C2\OC(=O)N(Cc3ccccc3)C2(C)C)cc1. The second kappa shape index (κ2) is 7.07. The molecule has 25 heavy (non-hydrogen) atoms. The molecule has 0 bridgehead atoms. The third-order valence-electron chi connectivity index (χ3n) is 4.37. The van der Waals surface area contributed by atoms with Crippen LogP contribution in [0.25, 0.3) is 3.58 Å². The molecule has 0 aliphatic carbocycles. The van der Waals surface area contributed by atoms with Gasteiger partial charge in [-0.25, -0.2) is 4.79 Å². The van der Waals surface area contributed by atoms with Crippen molar-refractivity contribution in [2.75, 3.05) is 7.11 Å². The van der Waals surface area contributed by atoms with Crippen LogP contribution in [0.1, 0.15) is 25.0 Å². The maximum Gasteiger partial charge on any atom is 0.416 e. The van der Waals surface area contributed by atoms with E-state index in [2.05, 4.69) is 22.6 Å². The largest absolute Gasteiger partial charge is 0.497 e. The van der Waals surface area contributed by atoms with Gasteiger partial charge in [-0.15, -0.1) is 0 Å². The van der Waals surface area contributed by atoms with Crippen molar-refractivity contribution < 1.29 is 14.3 Å². The number of hydrogen-bond acceptors (Lipinski definition) is 3. The highest BCUT2D eigenvalue weighted by Gasteiger charge is 2.46. The van der Waals surface area contributed by atoms with Crippen molar-refractivity contribution in [1.29, 1.82) is 0 Å². The van der Waals surface area contributed by atoms with E-state index < -0.39 is 5.54 Å². The zero-order valence-corrected chi connectivity index (χ0v) is 16.6. The lowest BCUT2D eigenvalue weighted by molar-refractivity contribution is 0.154. The fourth-order valence-electron chi connectivity index (χ4n) is 2.83. The summed E-state index contributed by atoms with van der Waals surface area (Å²) in [5, 5.41) is 0. The van der Waals surface area contributed by atoms with Crippen molar-refractivity contribution in [3.63, 3.8) is 0 Å². The molecule has 1 aliphatic rings. The van der Waals surface area contributed by atoms with Crippen LogP contribution in [0, 0.1) is 0 Å². The van der Waals surface area contributed by atoms with Gasteiger partial charge in [0, 0.05) is 0 Å². The number of cyclic esters (lactones) is 1. The third-order valence-corrected chi connectivity index (χ3v) is 5.48. The summed E-state index contributed by atoms with van der Waals surface area (Å²) in [6.45, 7) is 4.54. The van der Waals surface area contributed by atoms with Gasteiger partial charge >= 0.3 is 6.09 Å². The molecule has 2 aromatic carbocycles. The smallest absolute Gasteiger partial charge is 0.416 e. The van der Waals surface area contributed by atoms with E-state index in [0.717, 1.165) is 20.5 Å². The Kier molecular flexibility index (Phi) is 5.03. The molecule has 0 N–H and O–H groups in total. The molecule has 0 atom stereocenters. The minimum absolute atomic E-state index is 0.313. The van der Waals surface area contributed by atoms with Crippen LogP contribution >= 0.6 is 22.6 Å². The quantitative estimate of drug-likeness (QED) is 0.601. The molecule has 2 aromatic rings. The van der Waals surface area contributed by atoms with E-state index in [4.69, 9.17) is 9.47 Å². The molecule has 4 nitrogen and oxygen atoms in total. The summed E-state index contributed by atoms with van der Waals surface area (Å²) in [5.41, 5.74) is 1.55. The number of ether oxygens (including phenoxy) is 2. The summed E-state index contributed by atoms with van der Waals surface area (Å²) in [7, 11) is 1.64. The molecule has 0 unspecified atom stereocenters. The minimum atomic E-state index is -0.524. The van der Waals surface area contributed by atoms with Gasteiger partial charge in [-0.3, -0.25) is 4.90 Å². The van der Waals surface area contributed by atoms with E-state index in [1.807, 2.05) is 68.4 Å². The van der Waals surface area contributed by atoms with Crippen molar-refractivity contribution in [2.45, 2.75) is 25.9 Å². The van der Waals surface area contributed by atoms with E-state index in [-0.39, 0.29) is 6.09 Å². The standard InChI is InChI=1S/C20H20INO3/c1-20(2)18(17(21)15-9-11-16(24-3)12-10-15)25-19(23)22(20)13-14-7-5-4-6-8-14/h4-12H,13H2,1-3H3/b18-17+. The predicted octanol–water partition coefficient (Wildman–Crippen LogP) is 5.23. The Bertz CT molecular complexity index is 797. The molecule has 0 saturated carbocycles. The summed E-state index contributed by atoms with van der Waals surface area (Å²) in [6.07, 6.45) is -0.313. The average Bonchev–Trinajstić information content (AvgIpc) is 2.85. The van der Waals surface area contributed by atoms with E-state index in [0.29, 0.717) is 12.3 Å². The van der Waals surface area contributed by atoms with Gasteiger partial charge in [0.25, 0.3) is 0 Å². The molecule has 1 heterocycles. The van der Waals surface area contributed by atoms with Crippen molar-refractivity contribution >= 4 is 32.3 Å². The second-order valence-corrected chi connectivity index (χ2v) is 7.45. The Labute approximate surface area is 161 Å². The fraction of sp³-hybridized carbons (Fsp3) is 0.250. The molecule has 3 rings (SSSR count). The van der Waals surface area contributed by atoms with Gasteiger partial charge < -0.3 is 9.47 Å². The van der Waals surface area contributed by atoms with Crippen LogP contribution < -0.4 is 4.74 Å². The number of nitrogens with zero attached hydrogens (tertiary/aromatic N) is 1. The molecule has 1 saturated heterocycles. The Hall–Kier alpha value is -2.02. The first-order valence-electron chi connectivity index (χ1n) is 8.01. The van der Waals surface area contributed by atoms with Gasteiger partial charge in [0.05, 0.1) is 17.2 Å². The number of benzene rings is 2.